The zero-order chi connectivity index (χ0) is 18.8. The van der Waals surface area contributed by atoms with Crippen molar-refractivity contribution in [2.24, 2.45) is 0 Å². The third kappa shape index (κ3) is 3.04. The second-order valence-electron chi connectivity index (χ2n) is 6.26. The summed E-state index contributed by atoms with van der Waals surface area (Å²) in [6, 6.07) is 0.160. The Labute approximate surface area is 150 Å². The van der Waals surface area contributed by atoms with Gasteiger partial charge < -0.3 is 15.0 Å². The molecule has 0 aromatic carbocycles. The minimum atomic E-state index is -0.624. The maximum Gasteiger partial charge on any atom is 0.356 e. The predicted octanol–water partition coefficient (Wildman–Crippen LogP) is 1.91. The van der Waals surface area contributed by atoms with Gasteiger partial charge in [-0.3, -0.25) is 9.78 Å². The summed E-state index contributed by atoms with van der Waals surface area (Å²) >= 11 is 0. The Kier molecular flexibility index (Phi) is 4.97. The highest BCUT2D eigenvalue weighted by atomic mass is 16.5. The monoisotopic (exact) mass is 361 g/mol. The van der Waals surface area contributed by atoms with E-state index in [2.05, 4.69) is 34.2 Å². The van der Waals surface area contributed by atoms with E-state index in [0.717, 1.165) is 18.4 Å². The number of hydrogen-bond donors (Lipinski definition) is 3. The van der Waals surface area contributed by atoms with Crippen LogP contribution in [0, 0.1) is 0 Å². The fraction of sp³-hybridized carbons (Fsp3) is 0.529. The number of fused-ring (bicyclic) bond motifs is 1. The van der Waals surface area contributed by atoms with Gasteiger partial charge in [0.15, 0.2) is 0 Å². The summed E-state index contributed by atoms with van der Waals surface area (Å²) in [4.78, 5) is 41.4. The first-order valence-corrected chi connectivity index (χ1v) is 8.86. The Morgan fingerprint density at radius 1 is 1.31 bits per heavy atom. The van der Waals surface area contributed by atoms with Crippen molar-refractivity contribution >= 4 is 17.7 Å². The number of carbonyl (C=O) groups is 2. The number of imidazole rings is 1. The topological polar surface area (TPSA) is 122 Å². The number of carbonyl (C=O) groups excluding carboxylic acids is 2. The highest BCUT2D eigenvalue weighted by Gasteiger charge is 2.35. The molecule has 0 saturated carbocycles. The molecule has 140 valence electrons. The lowest BCUT2D eigenvalue weighted by Crippen LogP contribution is -2.27. The molecular formula is C17H23N5O4. The molecule has 0 bridgehead atoms. The Morgan fingerprint density at radius 2 is 2.04 bits per heavy atom. The zero-order valence-corrected chi connectivity index (χ0v) is 15.1. The van der Waals surface area contributed by atoms with Crippen molar-refractivity contribution in [1.82, 2.24) is 19.7 Å². The van der Waals surface area contributed by atoms with Gasteiger partial charge in [-0.05, 0) is 19.8 Å². The van der Waals surface area contributed by atoms with E-state index in [1.807, 2.05) is 4.68 Å². The van der Waals surface area contributed by atoms with Crippen LogP contribution in [0.2, 0.25) is 0 Å². The largest absolute Gasteiger partial charge is 0.461 e. The molecule has 1 aliphatic rings. The number of ether oxygens (including phenoxy) is 1. The van der Waals surface area contributed by atoms with Gasteiger partial charge in [0.05, 0.1) is 24.5 Å². The molecule has 1 amide bonds. The van der Waals surface area contributed by atoms with Crippen LogP contribution in [0.25, 0.3) is 0 Å². The van der Waals surface area contributed by atoms with E-state index in [1.54, 1.807) is 13.1 Å². The van der Waals surface area contributed by atoms with E-state index in [-0.39, 0.29) is 30.7 Å². The minimum absolute atomic E-state index is 0.0535. The van der Waals surface area contributed by atoms with Gasteiger partial charge in [-0.15, -0.1) is 0 Å². The molecule has 0 fully saturated rings. The number of hydrogen-bond acceptors (Lipinski definition) is 5. The van der Waals surface area contributed by atoms with Crippen molar-refractivity contribution in [1.29, 1.82) is 0 Å². The zero-order valence-electron chi connectivity index (χ0n) is 15.1. The molecule has 3 N–H and O–H groups in total. The Hall–Kier alpha value is -2.84. The summed E-state index contributed by atoms with van der Waals surface area (Å²) in [5, 5.41) is 7.33. The average molecular weight is 361 g/mol. The summed E-state index contributed by atoms with van der Waals surface area (Å²) in [6.45, 7) is 6.00. The number of anilines is 1. The number of H-pyrrole nitrogens is 2. The Morgan fingerprint density at radius 3 is 2.69 bits per heavy atom. The second-order valence-corrected chi connectivity index (χ2v) is 6.26. The number of amides is 1. The maximum atomic E-state index is 12.3. The Balaban J connectivity index is 2.08. The standard InChI is InChI=1S/C17H23N5O4/c1-4-9(5-2)22-15-11(8-18-22)10(7-12(23)19-15)13-14(16(24)26-6-3)21-17(25)20-13/h8-10H,4-7H2,1-3H3,(H,19,23)(H2,20,21,25). The lowest BCUT2D eigenvalue weighted by atomic mass is 9.90. The maximum absolute atomic E-state index is 12.3. The summed E-state index contributed by atoms with van der Waals surface area (Å²) in [5.74, 6) is -0.662. The molecule has 3 rings (SSSR count). The smallest absolute Gasteiger partial charge is 0.356 e. The summed E-state index contributed by atoms with van der Waals surface area (Å²) in [5.41, 5.74) is 0.673. The first-order valence-electron chi connectivity index (χ1n) is 8.86. The SMILES string of the molecule is CCOC(=O)c1[nH]c(=O)[nH]c1C1CC(=O)Nc2c1cnn2C(CC)CC. The van der Waals surface area contributed by atoms with Crippen molar-refractivity contribution in [3.63, 3.8) is 0 Å². The van der Waals surface area contributed by atoms with Crippen LogP contribution in [-0.2, 0) is 9.53 Å². The van der Waals surface area contributed by atoms with E-state index in [4.69, 9.17) is 4.74 Å². The van der Waals surface area contributed by atoms with Crippen LogP contribution in [0.4, 0.5) is 5.82 Å². The van der Waals surface area contributed by atoms with E-state index >= 15 is 0 Å². The van der Waals surface area contributed by atoms with Crippen LogP contribution in [-0.4, -0.2) is 38.2 Å². The molecule has 2 aromatic rings. The van der Waals surface area contributed by atoms with Crippen molar-refractivity contribution in [2.75, 3.05) is 11.9 Å². The summed E-state index contributed by atoms with van der Waals surface area (Å²) in [7, 11) is 0. The van der Waals surface area contributed by atoms with Crippen molar-refractivity contribution in [3.05, 3.63) is 33.6 Å². The third-order valence-corrected chi connectivity index (χ3v) is 4.72. The van der Waals surface area contributed by atoms with Gasteiger partial charge in [-0.2, -0.15) is 5.10 Å². The number of nitrogens with one attached hydrogen (secondary N) is 3. The van der Waals surface area contributed by atoms with Crippen molar-refractivity contribution in [2.45, 2.75) is 52.0 Å². The number of aromatic amines is 2. The van der Waals surface area contributed by atoms with Crippen molar-refractivity contribution < 1.29 is 14.3 Å². The van der Waals surface area contributed by atoms with Crippen LogP contribution >= 0.6 is 0 Å². The molecule has 9 nitrogen and oxygen atoms in total. The van der Waals surface area contributed by atoms with E-state index in [1.165, 1.54) is 0 Å². The number of rotatable bonds is 6. The third-order valence-electron chi connectivity index (χ3n) is 4.72. The fourth-order valence-corrected chi connectivity index (χ4v) is 3.43. The molecular weight excluding hydrogens is 338 g/mol. The molecule has 3 heterocycles. The van der Waals surface area contributed by atoms with Crippen LogP contribution in [0.15, 0.2) is 11.0 Å². The number of nitrogens with zero attached hydrogens (tertiary/aromatic N) is 2. The Bertz CT molecular complexity index is 874. The van der Waals surface area contributed by atoms with Crippen molar-refractivity contribution in [3.8, 4) is 0 Å². The number of esters is 1. The van der Waals surface area contributed by atoms with Crippen LogP contribution in [0.1, 0.15) is 73.7 Å². The molecule has 26 heavy (non-hydrogen) atoms. The molecule has 1 unspecified atom stereocenters. The van der Waals surface area contributed by atoms with Gasteiger partial charge in [-0.1, -0.05) is 13.8 Å². The second kappa shape index (κ2) is 7.19. The van der Waals surface area contributed by atoms with E-state index < -0.39 is 17.6 Å². The normalized spacial score (nSPS) is 16.5. The highest BCUT2D eigenvalue weighted by Crippen LogP contribution is 2.38. The molecule has 2 aromatic heterocycles. The molecule has 1 atom stereocenters. The lowest BCUT2D eigenvalue weighted by molar-refractivity contribution is -0.116. The summed E-state index contributed by atoms with van der Waals surface area (Å²) < 4.78 is 6.83. The van der Waals surface area contributed by atoms with Gasteiger partial charge in [-0.25, -0.2) is 14.3 Å². The average Bonchev–Trinajstić information content (AvgIpc) is 3.20. The lowest BCUT2D eigenvalue weighted by Gasteiger charge is -2.25. The van der Waals surface area contributed by atoms with Gasteiger partial charge in [0, 0.05) is 17.9 Å². The van der Waals surface area contributed by atoms with E-state index in [0.29, 0.717) is 11.5 Å². The quantitative estimate of drug-likeness (QED) is 0.679. The first kappa shape index (κ1) is 18.0. The highest BCUT2D eigenvalue weighted by molar-refractivity contribution is 5.95. The van der Waals surface area contributed by atoms with Crippen LogP contribution in [0.5, 0.6) is 0 Å². The molecule has 1 aliphatic heterocycles. The van der Waals surface area contributed by atoms with Crippen LogP contribution in [0.3, 0.4) is 0 Å². The molecule has 0 aliphatic carbocycles. The molecule has 9 heteroatoms. The molecule has 0 radical (unpaired) electrons. The molecule has 0 saturated heterocycles. The molecule has 0 spiro atoms. The van der Waals surface area contributed by atoms with Gasteiger partial charge in [0.2, 0.25) is 5.91 Å². The number of aromatic nitrogens is 4. The van der Waals surface area contributed by atoms with Gasteiger partial charge >= 0.3 is 11.7 Å². The van der Waals surface area contributed by atoms with Crippen LogP contribution < -0.4 is 11.0 Å². The fourth-order valence-electron chi connectivity index (χ4n) is 3.43. The predicted molar refractivity (Wildman–Crippen MR) is 94.3 cm³/mol. The summed E-state index contributed by atoms with van der Waals surface area (Å²) in [6.07, 6.45) is 3.56. The minimum Gasteiger partial charge on any atom is -0.461 e. The van der Waals surface area contributed by atoms with E-state index in [9.17, 15) is 14.4 Å². The van der Waals surface area contributed by atoms with Gasteiger partial charge in [0.25, 0.3) is 0 Å². The first-order chi connectivity index (χ1) is 12.5. The van der Waals surface area contributed by atoms with Gasteiger partial charge in [0.1, 0.15) is 11.5 Å².